The second-order valence-corrected chi connectivity index (χ2v) is 4.95. The van der Waals surface area contributed by atoms with Gasteiger partial charge in [0.2, 0.25) is 0 Å². The highest BCUT2D eigenvalue weighted by Crippen LogP contribution is 2.31. The summed E-state index contributed by atoms with van der Waals surface area (Å²) in [6.07, 6.45) is -4.41. The number of rotatable bonds is 3. The van der Waals surface area contributed by atoms with Crippen molar-refractivity contribution in [3.8, 4) is 0 Å². The third-order valence-electron chi connectivity index (χ3n) is 3.03. The minimum Gasteiger partial charge on any atom is -0.355 e. The average Bonchev–Trinajstić information content (AvgIpc) is 2.46. The summed E-state index contributed by atoms with van der Waals surface area (Å²) in [6, 6.07) is 11.5. The third-order valence-corrected chi connectivity index (χ3v) is 3.03. The van der Waals surface area contributed by atoms with Crippen molar-refractivity contribution in [2.24, 2.45) is 0 Å². The van der Waals surface area contributed by atoms with Crippen LogP contribution in [0.3, 0.4) is 0 Å². The van der Waals surface area contributed by atoms with Gasteiger partial charge in [-0.1, -0.05) is 18.2 Å². The summed E-state index contributed by atoms with van der Waals surface area (Å²) >= 11 is 0. The van der Waals surface area contributed by atoms with Crippen molar-refractivity contribution >= 4 is 17.3 Å². The van der Waals surface area contributed by atoms with Crippen LogP contribution in [0.2, 0.25) is 0 Å². The summed E-state index contributed by atoms with van der Waals surface area (Å²) in [7, 11) is 3.23. The minimum absolute atomic E-state index is 0.227. The molecule has 22 heavy (non-hydrogen) atoms. The Bertz CT molecular complexity index is 681. The SMILES string of the molecule is CN(C)C(=O)c1ccccc1Nc1cccc(C(F)(F)F)c1. The third kappa shape index (κ3) is 3.58. The standard InChI is InChI=1S/C16H15F3N2O/c1-21(2)15(22)13-8-3-4-9-14(13)20-12-7-5-6-11(10-12)16(17,18)19/h3-10,20H,1-2H3. The quantitative estimate of drug-likeness (QED) is 0.924. The number of carbonyl (C=O) groups excluding carboxylic acids is 1. The van der Waals surface area contributed by atoms with Crippen LogP contribution in [0.25, 0.3) is 0 Å². The Morgan fingerprint density at radius 1 is 1.05 bits per heavy atom. The van der Waals surface area contributed by atoms with Crippen LogP contribution in [0.4, 0.5) is 24.5 Å². The molecule has 0 aliphatic heterocycles. The van der Waals surface area contributed by atoms with E-state index in [1.165, 1.54) is 17.0 Å². The molecule has 2 aromatic carbocycles. The minimum atomic E-state index is -4.41. The number of hydrogen-bond donors (Lipinski definition) is 1. The molecule has 0 aromatic heterocycles. The molecular formula is C16H15F3N2O. The molecule has 1 amide bonds. The van der Waals surface area contributed by atoms with E-state index in [0.717, 1.165) is 12.1 Å². The number of hydrogen-bond acceptors (Lipinski definition) is 2. The first-order chi connectivity index (χ1) is 10.3. The van der Waals surface area contributed by atoms with Gasteiger partial charge in [-0.25, -0.2) is 0 Å². The summed E-state index contributed by atoms with van der Waals surface area (Å²) in [5, 5.41) is 2.87. The van der Waals surface area contributed by atoms with Crippen molar-refractivity contribution in [2.45, 2.75) is 6.18 Å². The molecule has 0 fully saturated rings. The lowest BCUT2D eigenvalue weighted by molar-refractivity contribution is -0.137. The Balaban J connectivity index is 2.34. The number of nitrogens with one attached hydrogen (secondary N) is 1. The monoisotopic (exact) mass is 308 g/mol. The van der Waals surface area contributed by atoms with Gasteiger partial charge in [0.1, 0.15) is 0 Å². The smallest absolute Gasteiger partial charge is 0.355 e. The number of amides is 1. The number of alkyl halides is 3. The fraction of sp³-hybridized carbons (Fsp3) is 0.188. The van der Waals surface area contributed by atoms with E-state index < -0.39 is 11.7 Å². The van der Waals surface area contributed by atoms with Gasteiger partial charge >= 0.3 is 6.18 Å². The zero-order valence-corrected chi connectivity index (χ0v) is 12.1. The van der Waals surface area contributed by atoms with Crippen molar-refractivity contribution < 1.29 is 18.0 Å². The first-order valence-electron chi connectivity index (χ1n) is 6.54. The Hall–Kier alpha value is -2.50. The van der Waals surface area contributed by atoms with E-state index in [1.54, 1.807) is 38.4 Å². The van der Waals surface area contributed by atoms with Gasteiger partial charge in [0.05, 0.1) is 16.8 Å². The molecule has 0 bridgehead atoms. The predicted molar refractivity (Wildman–Crippen MR) is 79.2 cm³/mol. The van der Waals surface area contributed by atoms with Crippen LogP contribution in [0.15, 0.2) is 48.5 Å². The molecule has 0 saturated carbocycles. The molecule has 0 spiro atoms. The van der Waals surface area contributed by atoms with E-state index >= 15 is 0 Å². The van der Waals surface area contributed by atoms with Crippen molar-refractivity contribution in [3.05, 3.63) is 59.7 Å². The van der Waals surface area contributed by atoms with Crippen LogP contribution in [0, 0.1) is 0 Å². The van der Waals surface area contributed by atoms with Crippen molar-refractivity contribution in [1.29, 1.82) is 0 Å². The Labute approximate surface area is 126 Å². The summed E-state index contributed by atoms with van der Waals surface area (Å²) in [5.41, 5.74) is 0.383. The van der Waals surface area contributed by atoms with E-state index in [2.05, 4.69) is 5.32 Å². The van der Waals surface area contributed by atoms with E-state index in [1.807, 2.05) is 0 Å². The number of carbonyl (C=O) groups is 1. The van der Waals surface area contributed by atoms with E-state index in [0.29, 0.717) is 11.3 Å². The van der Waals surface area contributed by atoms with E-state index in [9.17, 15) is 18.0 Å². The van der Waals surface area contributed by atoms with Crippen LogP contribution < -0.4 is 5.32 Å². The maximum absolute atomic E-state index is 12.7. The number of nitrogens with zero attached hydrogens (tertiary/aromatic N) is 1. The topological polar surface area (TPSA) is 32.3 Å². The highest BCUT2D eigenvalue weighted by molar-refractivity contribution is 6.00. The molecule has 0 radical (unpaired) electrons. The van der Waals surface area contributed by atoms with Crippen LogP contribution in [0.1, 0.15) is 15.9 Å². The molecule has 0 atom stereocenters. The van der Waals surface area contributed by atoms with Gasteiger partial charge in [-0.3, -0.25) is 4.79 Å². The predicted octanol–water partition coefficient (Wildman–Crippen LogP) is 4.15. The first kappa shape index (κ1) is 15.9. The molecule has 0 saturated heterocycles. The van der Waals surface area contributed by atoms with Crippen LogP contribution >= 0.6 is 0 Å². The van der Waals surface area contributed by atoms with Crippen molar-refractivity contribution in [1.82, 2.24) is 4.90 Å². The fourth-order valence-corrected chi connectivity index (χ4v) is 1.95. The highest BCUT2D eigenvalue weighted by Gasteiger charge is 2.30. The number of para-hydroxylation sites is 1. The van der Waals surface area contributed by atoms with Gasteiger partial charge in [-0.05, 0) is 30.3 Å². The molecule has 6 heteroatoms. The summed E-state index contributed by atoms with van der Waals surface area (Å²) in [6.45, 7) is 0. The second-order valence-electron chi connectivity index (χ2n) is 4.95. The Morgan fingerprint density at radius 3 is 2.36 bits per heavy atom. The largest absolute Gasteiger partial charge is 0.416 e. The number of halogens is 3. The van der Waals surface area contributed by atoms with Crippen LogP contribution in [-0.2, 0) is 6.18 Å². The van der Waals surface area contributed by atoms with Gasteiger partial charge < -0.3 is 10.2 Å². The van der Waals surface area contributed by atoms with Gasteiger partial charge in [-0.15, -0.1) is 0 Å². The number of benzene rings is 2. The molecular weight excluding hydrogens is 293 g/mol. The number of anilines is 2. The van der Waals surface area contributed by atoms with Crippen LogP contribution in [-0.4, -0.2) is 24.9 Å². The molecule has 0 aliphatic carbocycles. The molecule has 2 rings (SSSR count). The maximum atomic E-state index is 12.7. The summed E-state index contributed by atoms with van der Waals surface area (Å²) in [5.74, 6) is -0.227. The van der Waals surface area contributed by atoms with Crippen molar-refractivity contribution in [3.63, 3.8) is 0 Å². The zero-order chi connectivity index (χ0) is 16.3. The lowest BCUT2D eigenvalue weighted by atomic mass is 10.1. The van der Waals surface area contributed by atoms with E-state index in [-0.39, 0.29) is 11.6 Å². The van der Waals surface area contributed by atoms with Gasteiger partial charge in [-0.2, -0.15) is 13.2 Å². The molecule has 116 valence electrons. The van der Waals surface area contributed by atoms with Crippen LogP contribution in [0.5, 0.6) is 0 Å². The fourth-order valence-electron chi connectivity index (χ4n) is 1.95. The Kier molecular flexibility index (Phi) is 4.40. The van der Waals surface area contributed by atoms with Gasteiger partial charge in [0, 0.05) is 19.8 Å². The van der Waals surface area contributed by atoms with Gasteiger partial charge in [0.15, 0.2) is 0 Å². The lowest BCUT2D eigenvalue weighted by Gasteiger charge is -2.16. The molecule has 3 nitrogen and oxygen atoms in total. The second kappa shape index (κ2) is 6.09. The molecule has 0 heterocycles. The molecule has 2 aromatic rings. The normalized spacial score (nSPS) is 11.1. The molecule has 1 N–H and O–H groups in total. The molecule has 0 unspecified atom stereocenters. The van der Waals surface area contributed by atoms with E-state index in [4.69, 9.17) is 0 Å². The lowest BCUT2D eigenvalue weighted by Crippen LogP contribution is -2.22. The zero-order valence-electron chi connectivity index (χ0n) is 12.1. The summed E-state index contributed by atoms with van der Waals surface area (Å²) in [4.78, 5) is 13.5. The Morgan fingerprint density at radius 2 is 1.73 bits per heavy atom. The van der Waals surface area contributed by atoms with Crippen molar-refractivity contribution in [2.75, 3.05) is 19.4 Å². The average molecular weight is 308 g/mol. The first-order valence-corrected chi connectivity index (χ1v) is 6.54. The summed E-state index contributed by atoms with van der Waals surface area (Å²) < 4.78 is 38.2. The maximum Gasteiger partial charge on any atom is 0.416 e. The highest BCUT2D eigenvalue weighted by atomic mass is 19.4. The van der Waals surface area contributed by atoms with Gasteiger partial charge in [0.25, 0.3) is 5.91 Å². The molecule has 0 aliphatic rings.